The molecular formula is C21H27N3O2. The van der Waals surface area contributed by atoms with Crippen LogP contribution in [0.4, 0.5) is 0 Å². The minimum absolute atomic E-state index is 0.00517. The number of nitrogens with zero attached hydrogens (tertiary/aromatic N) is 3. The van der Waals surface area contributed by atoms with Crippen LogP contribution in [0.5, 0.6) is 0 Å². The number of aliphatic hydroxyl groups is 1. The molecule has 5 nitrogen and oxygen atoms in total. The van der Waals surface area contributed by atoms with E-state index in [-0.39, 0.29) is 5.91 Å². The van der Waals surface area contributed by atoms with E-state index in [2.05, 4.69) is 22.0 Å². The van der Waals surface area contributed by atoms with Crippen LogP contribution < -0.4 is 0 Å². The average molecular weight is 353 g/mol. The number of amides is 1. The number of hydrogen-bond acceptors (Lipinski definition) is 4. The molecular weight excluding hydrogens is 326 g/mol. The molecule has 0 aliphatic carbocycles. The maximum Gasteiger partial charge on any atom is 0.226 e. The molecule has 26 heavy (non-hydrogen) atoms. The highest BCUT2D eigenvalue weighted by Gasteiger charge is 2.37. The Morgan fingerprint density at radius 1 is 1.23 bits per heavy atom. The van der Waals surface area contributed by atoms with E-state index in [9.17, 15) is 9.90 Å². The Balaban J connectivity index is 1.52. The van der Waals surface area contributed by atoms with Crippen LogP contribution in [-0.2, 0) is 17.8 Å². The Labute approximate surface area is 155 Å². The minimum atomic E-state index is -0.843. The van der Waals surface area contributed by atoms with E-state index in [1.165, 1.54) is 5.56 Å². The highest BCUT2D eigenvalue weighted by Crippen LogP contribution is 2.24. The monoisotopic (exact) mass is 353 g/mol. The number of likely N-dealkylation sites (N-methyl/N-ethyl adjacent to an activating group) is 1. The third-order valence-electron chi connectivity index (χ3n) is 4.95. The van der Waals surface area contributed by atoms with Crippen LogP contribution in [0.1, 0.15) is 23.2 Å². The van der Waals surface area contributed by atoms with Gasteiger partial charge in [0.2, 0.25) is 5.91 Å². The lowest BCUT2D eigenvalue weighted by molar-refractivity contribution is -0.132. The second kappa shape index (κ2) is 7.98. The number of likely N-dealkylation sites (tertiary alicyclic amines) is 1. The molecule has 0 radical (unpaired) electrons. The van der Waals surface area contributed by atoms with E-state index < -0.39 is 5.60 Å². The van der Waals surface area contributed by atoms with Gasteiger partial charge in [0.15, 0.2) is 0 Å². The van der Waals surface area contributed by atoms with Crippen molar-refractivity contribution in [3.8, 4) is 0 Å². The molecule has 1 aliphatic heterocycles. The summed E-state index contributed by atoms with van der Waals surface area (Å²) >= 11 is 0. The molecule has 5 heteroatoms. The molecule has 1 amide bonds. The van der Waals surface area contributed by atoms with Gasteiger partial charge in [0, 0.05) is 38.6 Å². The number of carbonyl (C=O) groups excluding carboxylic acids is 1. The van der Waals surface area contributed by atoms with Gasteiger partial charge in [0.25, 0.3) is 0 Å². The first kappa shape index (κ1) is 18.5. The SMILES string of the molecule is Cc1ccc(CC(=O)N(C)CC2(O)CCN(Cc3ccccc3)C2)cn1. The van der Waals surface area contributed by atoms with E-state index in [4.69, 9.17) is 0 Å². The summed E-state index contributed by atoms with van der Waals surface area (Å²) in [5, 5.41) is 10.9. The number of hydrogen-bond donors (Lipinski definition) is 1. The molecule has 1 aromatic heterocycles. The summed E-state index contributed by atoms with van der Waals surface area (Å²) in [4.78, 5) is 20.6. The van der Waals surface area contributed by atoms with Gasteiger partial charge in [-0.05, 0) is 30.5 Å². The normalized spacial score (nSPS) is 20.3. The van der Waals surface area contributed by atoms with E-state index in [0.29, 0.717) is 25.9 Å². The summed E-state index contributed by atoms with van der Waals surface area (Å²) in [5.74, 6) is 0.00517. The van der Waals surface area contributed by atoms with Gasteiger partial charge in [-0.15, -0.1) is 0 Å². The summed E-state index contributed by atoms with van der Waals surface area (Å²) in [6.07, 6.45) is 2.74. The number of carbonyl (C=O) groups is 1. The van der Waals surface area contributed by atoms with Crippen LogP contribution in [-0.4, -0.2) is 58.1 Å². The smallest absolute Gasteiger partial charge is 0.226 e. The van der Waals surface area contributed by atoms with Crippen molar-refractivity contribution < 1.29 is 9.90 Å². The summed E-state index contributed by atoms with van der Waals surface area (Å²) < 4.78 is 0. The molecule has 0 spiro atoms. The third-order valence-corrected chi connectivity index (χ3v) is 4.95. The molecule has 1 atom stereocenters. The first-order valence-electron chi connectivity index (χ1n) is 9.08. The molecule has 2 heterocycles. The quantitative estimate of drug-likeness (QED) is 0.863. The van der Waals surface area contributed by atoms with Gasteiger partial charge in [-0.25, -0.2) is 0 Å². The lowest BCUT2D eigenvalue weighted by Crippen LogP contribution is -2.46. The van der Waals surface area contributed by atoms with Gasteiger partial charge in [-0.2, -0.15) is 0 Å². The molecule has 1 N–H and O–H groups in total. The van der Waals surface area contributed by atoms with Crippen molar-refractivity contribution in [2.24, 2.45) is 0 Å². The predicted molar refractivity (Wildman–Crippen MR) is 102 cm³/mol. The topological polar surface area (TPSA) is 56.7 Å². The van der Waals surface area contributed by atoms with Crippen LogP contribution in [0.2, 0.25) is 0 Å². The number of rotatable bonds is 6. The largest absolute Gasteiger partial charge is 0.387 e. The Morgan fingerprint density at radius 3 is 2.69 bits per heavy atom. The fourth-order valence-corrected chi connectivity index (χ4v) is 3.49. The first-order chi connectivity index (χ1) is 12.4. The van der Waals surface area contributed by atoms with Crippen molar-refractivity contribution in [3.63, 3.8) is 0 Å². The highest BCUT2D eigenvalue weighted by molar-refractivity contribution is 5.78. The van der Waals surface area contributed by atoms with E-state index >= 15 is 0 Å². The maximum absolute atomic E-state index is 12.5. The van der Waals surface area contributed by atoms with Crippen molar-refractivity contribution in [1.29, 1.82) is 0 Å². The first-order valence-corrected chi connectivity index (χ1v) is 9.08. The molecule has 0 saturated carbocycles. The molecule has 1 fully saturated rings. The fourth-order valence-electron chi connectivity index (χ4n) is 3.49. The average Bonchev–Trinajstić information content (AvgIpc) is 2.98. The Bertz CT molecular complexity index is 733. The summed E-state index contributed by atoms with van der Waals surface area (Å²) in [5.41, 5.74) is 2.24. The minimum Gasteiger partial charge on any atom is -0.387 e. The molecule has 1 saturated heterocycles. The lowest BCUT2D eigenvalue weighted by atomic mass is 10.0. The van der Waals surface area contributed by atoms with Crippen molar-refractivity contribution in [1.82, 2.24) is 14.8 Å². The standard InChI is InChI=1S/C21H27N3O2/c1-17-8-9-19(13-22-17)12-20(25)23(2)15-21(26)10-11-24(16-21)14-18-6-4-3-5-7-18/h3-9,13,26H,10-12,14-16H2,1-2H3. The van der Waals surface area contributed by atoms with Crippen LogP contribution >= 0.6 is 0 Å². The Kier molecular flexibility index (Phi) is 5.69. The van der Waals surface area contributed by atoms with Gasteiger partial charge < -0.3 is 10.0 Å². The van der Waals surface area contributed by atoms with E-state index in [1.54, 1.807) is 18.1 Å². The number of β-amino-alcohol motifs (C(OH)–C–C–N with tert-alkyl or cyclic N) is 1. The number of aromatic nitrogens is 1. The second-order valence-electron chi connectivity index (χ2n) is 7.41. The van der Waals surface area contributed by atoms with Crippen molar-refractivity contribution in [2.45, 2.75) is 31.9 Å². The van der Waals surface area contributed by atoms with E-state index in [0.717, 1.165) is 24.3 Å². The summed E-state index contributed by atoms with van der Waals surface area (Å²) in [6, 6.07) is 14.1. The van der Waals surface area contributed by atoms with Crippen LogP contribution in [0.15, 0.2) is 48.7 Å². The van der Waals surface area contributed by atoms with Crippen LogP contribution in [0.25, 0.3) is 0 Å². The zero-order valence-corrected chi connectivity index (χ0v) is 15.6. The molecule has 1 unspecified atom stereocenters. The molecule has 1 aliphatic rings. The fraction of sp³-hybridized carbons (Fsp3) is 0.429. The number of pyridine rings is 1. The zero-order chi connectivity index (χ0) is 18.6. The predicted octanol–water partition coefficient (Wildman–Crippen LogP) is 2.03. The Morgan fingerprint density at radius 2 is 2.00 bits per heavy atom. The summed E-state index contributed by atoms with van der Waals surface area (Å²) in [6.45, 7) is 4.54. The zero-order valence-electron chi connectivity index (χ0n) is 15.6. The van der Waals surface area contributed by atoms with Crippen molar-refractivity contribution in [2.75, 3.05) is 26.7 Å². The third kappa shape index (κ3) is 4.90. The van der Waals surface area contributed by atoms with Crippen LogP contribution in [0.3, 0.4) is 0 Å². The van der Waals surface area contributed by atoms with Gasteiger partial charge in [-0.1, -0.05) is 36.4 Å². The second-order valence-corrected chi connectivity index (χ2v) is 7.41. The van der Waals surface area contributed by atoms with E-state index in [1.807, 2.05) is 37.3 Å². The summed E-state index contributed by atoms with van der Waals surface area (Å²) in [7, 11) is 1.77. The van der Waals surface area contributed by atoms with Gasteiger partial charge in [-0.3, -0.25) is 14.7 Å². The molecule has 0 bridgehead atoms. The van der Waals surface area contributed by atoms with Gasteiger partial charge >= 0.3 is 0 Å². The molecule has 2 aromatic rings. The molecule has 3 rings (SSSR count). The number of benzene rings is 1. The van der Waals surface area contributed by atoms with Crippen molar-refractivity contribution >= 4 is 5.91 Å². The Hall–Kier alpha value is -2.24. The highest BCUT2D eigenvalue weighted by atomic mass is 16.3. The molecule has 1 aromatic carbocycles. The van der Waals surface area contributed by atoms with Gasteiger partial charge in [0.05, 0.1) is 18.6 Å². The number of aryl methyl sites for hydroxylation is 1. The maximum atomic E-state index is 12.5. The van der Waals surface area contributed by atoms with Crippen molar-refractivity contribution in [3.05, 3.63) is 65.5 Å². The van der Waals surface area contributed by atoms with Crippen LogP contribution in [0, 0.1) is 6.92 Å². The lowest BCUT2D eigenvalue weighted by Gasteiger charge is -2.29. The molecule has 138 valence electrons. The van der Waals surface area contributed by atoms with Gasteiger partial charge in [0.1, 0.15) is 0 Å².